The fraction of sp³-hybridized carbons (Fsp3) is 0.571. The Morgan fingerprint density at radius 3 is 2.50 bits per heavy atom. The molecule has 0 radical (unpaired) electrons. The van der Waals surface area contributed by atoms with Gasteiger partial charge in [0, 0.05) is 29.7 Å². The number of thioether (sulfide) groups is 1. The summed E-state index contributed by atoms with van der Waals surface area (Å²) in [6.45, 7) is 7.64. The number of hydrogen-bond donors (Lipinski definition) is 0. The summed E-state index contributed by atoms with van der Waals surface area (Å²) in [5.74, 6) is 1.01. The Morgan fingerprint density at radius 2 is 1.89 bits per heavy atom. The van der Waals surface area contributed by atoms with Crippen LogP contribution in [-0.2, 0) is 11.3 Å². The Labute approximate surface area is 176 Å². The van der Waals surface area contributed by atoms with Crippen LogP contribution in [0.15, 0.2) is 29.4 Å². The Morgan fingerprint density at radius 1 is 1.21 bits per heavy atom. The first-order valence-corrected chi connectivity index (χ1v) is 11.5. The van der Waals surface area contributed by atoms with Gasteiger partial charge in [-0.05, 0) is 57.9 Å². The normalized spacial score (nSPS) is 16.1. The van der Waals surface area contributed by atoms with Crippen LogP contribution in [-0.4, -0.2) is 43.4 Å². The van der Waals surface area contributed by atoms with Crippen LogP contribution in [0.5, 0.6) is 0 Å². The standard InChI is InChI=1S/C21H29ClN4OS/c1-4-25(18-9-7-6-8-10-18)20(27)15(3)28-21-24-23-19(26(21)5-2)16-11-13-17(22)14-12-16/h11-15,18H,4-10H2,1-3H3/t15-/m1/s1. The zero-order chi connectivity index (χ0) is 20.1. The van der Waals surface area contributed by atoms with E-state index in [2.05, 4.69) is 33.5 Å². The molecule has 1 heterocycles. The Kier molecular flexibility index (Phi) is 7.41. The van der Waals surface area contributed by atoms with Crippen molar-refractivity contribution in [2.75, 3.05) is 6.54 Å². The molecule has 7 heteroatoms. The predicted octanol–water partition coefficient (Wildman–Crippen LogP) is 5.28. The first-order chi connectivity index (χ1) is 13.5. The summed E-state index contributed by atoms with van der Waals surface area (Å²) in [5, 5.41) is 10.1. The monoisotopic (exact) mass is 420 g/mol. The maximum Gasteiger partial charge on any atom is 0.236 e. The number of aromatic nitrogens is 3. The van der Waals surface area contributed by atoms with Crippen molar-refractivity contribution < 1.29 is 4.79 Å². The molecule has 5 nitrogen and oxygen atoms in total. The van der Waals surface area contributed by atoms with Crippen molar-refractivity contribution in [1.29, 1.82) is 0 Å². The van der Waals surface area contributed by atoms with Gasteiger partial charge >= 0.3 is 0 Å². The molecular formula is C21H29ClN4OS. The topological polar surface area (TPSA) is 51.0 Å². The number of hydrogen-bond acceptors (Lipinski definition) is 4. The molecule has 2 aromatic rings. The lowest BCUT2D eigenvalue weighted by atomic mass is 9.94. The molecular weight excluding hydrogens is 392 g/mol. The Bertz CT molecular complexity index is 786. The van der Waals surface area contributed by atoms with Crippen LogP contribution >= 0.6 is 23.4 Å². The second-order valence-corrected chi connectivity index (χ2v) is 8.98. The molecule has 1 amide bonds. The number of rotatable bonds is 7. The van der Waals surface area contributed by atoms with Crippen LogP contribution in [0.25, 0.3) is 11.4 Å². The third-order valence-electron chi connectivity index (χ3n) is 5.40. The van der Waals surface area contributed by atoms with Crippen LogP contribution in [0.1, 0.15) is 52.9 Å². The summed E-state index contributed by atoms with van der Waals surface area (Å²) >= 11 is 7.50. The second-order valence-electron chi connectivity index (χ2n) is 7.23. The van der Waals surface area contributed by atoms with Gasteiger partial charge in [-0.25, -0.2) is 0 Å². The lowest BCUT2D eigenvalue weighted by Gasteiger charge is -2.35. The number of nitrogens with zero attached hydrogens (tertiary/aromatic N) is 4. The zero-order valence-electron chi connectivity index (χ0n) is 16.9. The molecule has 1 aromatic carbocycles. The molecule has 1 aliphatic carbocycles. The SMILES string of the molecule is CCN(C(=O)[C@@H](C)Sc1nnc(-c2ccc(Cl)cc2)n1CC)C1CCCCC1. The molecule has 0 saturated heterocycles. The van der Waals surface area contributed by atoms with Crippen LogP contribution < -0.4 is 0 Å². The average molecular weight is 421 g/mol. The smallest absolute Gasteiger partial charge is 0.236 e. The van der Waals surface area contributed by atoms with E-state index in [0.717, 1.165) is 42.5 Å². The van der Waals surface area contributed by atoms with Crippen LogP contribution in [0.2, 0.25) is 5.02 Å². The minimum Gasteiger partial charge on any atom is -0.339 e. The highest BCUT2D eigenvalue weighted by Crippen LogP contribution is 2.30. The van der Waals surface area contributed by atoms with Gasteiger partial charge in [-0.3, -0.25) is 4.79 Å². The summed E-state index contributed by atoms with van der Waals surface area (Å²) in [6.07, 6.45) is 6.00. The van der Waals surface area contributed by atoms with Crippen LogP contribution in [0, 0.1) is 0 Å². The molecule has 0 spiro atoms. The highest BCUT2D eigenvalue weighted by Gasteiger charge is 2.29. The largest absolute Gasteiger partial charge is 0.339 e. The van der Waals surface area contributed by atoms with Crippen molar-refractivity contribution in [2.45, 2.75) is 75.9 Å². The maximum atomic E-state index is 13.1. The van der Waals surface area contributed by atoms with E-state index in [9.17, 15) is 4.79 Å². The number of carbonyl (C=O) groups is 1. The molecule has 0 aliphatic heterocycles. The maximum absolute atomic E-state index is 13.1. The summed E-state index contributed by atoms with van der Waals surface area (Å²) in [6, 6.07) is 8.00. The van der Waals surface area contributed by atoms with Crippen molar-refractivity contribution in [1.82, 2.24) is 19.7 Å². The molecule has 28 heavy (non-hydrogen) atoms. The molecule has 0 unspecified atom stereocenters. The van der Waals surface area contributed by atoms with Gasteiger partial charge in [0.1, 0.15) is 0 Å². The summed E-state index contributed by atoms with van der Waals surface area (Å²) < 4.78 is 2.06. The van der Waals surface area contributed by atoms with Gasteiger partial charge in [0.15, 0.2) is 11.0 Å². The van der Waals surface area contributed by atoms with Crippen LogP contribution in [0.3, 0.4) is 0 Å². The van der Waals surface area contributed by atoms with Gasteiger partial charge in [0.05, 0.1) is 5.25 Å². The predicted molar refractivity (Wildman–Crippen MR) is 116 cm³/mol. The van der Waals surface area contributed by atoms with E-state index in [4.69, 9.17) is 11.6 Å². The molecule has 1 saturated carbocycles. The lowest BCUT2D eigenvalue weighted by Crippen LogP contribution is -2.44. The third-order valence-corrected chi connectivity index (χ3v) is 6.72. The van der Waals surface area contributed by atoms with Crippen LogP contribution in [0.4, 0.5) is 0 Å². The number of benzene rings is 1. The molecule has 3 rings (SSSR count). The van der Waals surface area contributed by atoms with Gasteiger partial charge in [-0.15, -0.1) is 10.2 Å². The van der Waals surface area contributed by atoms with Crippen molar-refractivity contribution in [3.05, 3.63) is 29.3 Å². The fourth-order valence-corrected chi connectivity index (χ4v) is 5.01. The molecule has 1 aromatic heterocycles. The first-order valence-electron chi connectivity index (χ1n) is 10.2. The van der Waals surface area contributed by atoms with E-state index in [0.29, 0.717) is 11.1 Å². The highest BCUT2D eigenvalue weighted by molar-refractivity contribution is 8.00. The van der Waals surface area contributed by atoms with Gasteiger partial charge in [0.25, 0.3) is 0 Å². The van der Waals surface area contributed by atoms with Gasteiger partial charge < -0.3 is 9.47 Å². The van der Waals surface area contributed by atoms with E-state index in [1.807, 2.05) is 31.2 Å². The van der Waals surface area contributed by atoms with E-state index in [1.54, 1.807) is 0 Å². The summed E-state index contributed by atoms with van der Waals surface area (Å²) in [4.78, 5) is 15.2. The molecule has 1 atom stereocenters. The van der Waals surface area contributed by atoms with Gasteiger partial charge in [-0.2, -0.15) is 0 Å². The molecule has 1 fully saturated rings. The lowest BCUT2D eigenvalue weighted by molar-refractivity contribution is -0.133. The summed E-state index contributed by atoms with van der Waals surface area (Å²) in [7, 11) is 0. The second kappa shape index (κ2) is 9.79. The quantitative estimate of drug-likeness (QED) is 0.571. The minimum absolute atomic E-state index is 0.186. The van der Waals surface area contributed by atoms with E-state index in [1.165, 1.54) is 31.0 Å². The highest BCUT2D eigenvalue weighted by atomic mass is 35.5. The van der Waals surface area contributed by atoms with Crippen molar-refractivity contribution in [3.8, 4) is 11.4 Å². The van der Waals surface area contributed by atoms with Crippen molar-refractivity contribution in [2.24, 2.45) is 0 Å². The Balaban J connectivity index is 1.75. The number of carbonyl (C=O) groups excluding carboxylic acids is 1. The van der Waals surface area contributed by atoms with Gasteiger partial charge in [0.2, 0.25) is 5.91 Å². The fourth-order valence-electron chi connectivity index (χ4n) is 3.90. The van der Waals surface area contributed by atoms with Crippen molar-refractivity contribution in [3.63, 3.8) is 0 Å². The third kappa shape index (κ3) is 4.71. The van der Waals surface area contributed by atoms with E-state index < -0.39 is 0 Å². The number of amides is 1. The van der Waals surface area contributed by atoms with E-state index in [-0.39, 0.29) is 11.2 Å². The molecule has 0 bridgehead atoms. The Hall–Kier alpha value is -1.53. The van der Waals surface area contributed by atoms with Crippen molar-refractivity contribution >= 4 is 29.3 Å². The molecule has 0 N–H and O–H groups in total. The van der Waals surface area contributed by atoms with Gasteiger partial charge in [-0.1, -0.05) is 42.6 Å². The molecule has 152 valence electrons. The summed E-state index contributed by atoms with van der Waals surface area (Å²) in [5.41, 5.74) is 0.974. The number of halogens is 1. The first kappa shape index (κ1) is 21.2. The molecule has 1 aliphatic rings. The zero-order valence-corrected chi connectivity index (χ0v) is 18.5. The average Bonchev–Trinajstić information content (AvgIpc) is 3.12. The minimum atomic E-state index is -0.186. The van der Waals surface area contributed by atoms with E-state index >= 15 is 0 Å².